The van der Waals surface area contributed by atoms with Gasteiger partial charge in [-0.3, -0.25) is 0 Å². The van der Waals surface area contributed by atoms with Crippen LogP contribution in [0.4, 0.5) is 4.39 Å². The molecule has 1 fully saturated rings. The van der Waals surface area contributed by atoms with E-state index in [0.717, 1.165) is 36.7 Å². The summed E-state index contributed by atoms with van der Waals surface area (Å²) in [7, 11) is 0. The lowest BCUT2D eigenvalue weighted by molar-refractivity contribution is -0.0172. The fraction of sp³-hybridized carbons (Fsp3) is 0.562. The zero-order valence-electron chi connectivity index (χ0n) is 12.9. The number of ether oxygens (including phenoxy) is 2. The van der Waals surface area contributed by atoms with Crippen molar-refractivity contribution in [3.8, 4) is 5.75 Å². The minimum Gasteiger partial charge on any atom is -0.467 e. The summed E-state index contributed by atoms with van der Waals surface area (Å²) in [4.78, 5) is 6.91. The van der Waals surface area contributed by atoms with E-state index in [4.69, 9.17) is 9.47 Å². The van der Waals surface area contributed by atoms with Gasteiger partial charge in [0.25, 0.3) is 0 Å². The van der Waals surface area contributed by atoms with Crippen LogP contribution >= 0.6 is 0 Å². The highest BCUT2D eigenvalue weighted by molar-refractivity contribution is 5.80. The summed E-state index contributed by atoms with van der Waals surface area (Å²) in [5.41, 5.74) is 1.52. The summed E-state index contributed by atoms with van der Waals surface area (Å²) in [6.07, 6.45) is 2.39. The van der Waals surface area contributed by atoms with Crippen molar-refractivity contribution in [1.82, 2.24) is 10.2 Å². The van der Waals surface area contributed by atoms with Crippen molar-refractivity contribution in [2.45, 2.75) is 32.9 Å². The second-order valence-corrected chi connectivity index (χ2v) is 5.53. The van der Waals surface area contributed by atoms with Gasteiger partial charge in [0.05, 0.1) is 13.2 Å². The maximum atomic E-state index is 13.7. The van der Waals surface area contributed by atoms with E-state index in [1.165, 1.54) is 25.0 Å². The maximum Gasteiger partial charge on any atom is 0.194 e. The molecule has 2 heterocycles. The molecule has 6 heteroatoms. The smallest absolute Gasteiger partial charge is 0.194 e. The average Bonchev–Trinajstić information content (AvgIpc) is 3.05. The van der Waals surface area contributed by atoms with Gasteiger partial charge in [-0.1, -0.05) is 0 Å². The summed E-state index contributed by atoms with van der Waals surface area (Å²) < 4.78 is 24.5. The lowest BCUT2D eigenvalue weighted by Crippen LogP contribution is -2.39. The molecule has 5 nitrogen and oxygen atoms in total. The molecule has 2 aliphatic heterocycles. The van der Waals surface area contributed by atoms with Gasteiger partial charge in [0, 0.05) is 30.8 Å². The van der Waals surface area contributed by atoms with Gasteiger partial charge in [-0.05, 0) is 31.9 Å². The number of rotatable bonds is 3. The zero-order chi connectivity index (χ0) is 15.4. The number of guanidine groups is 1. The summed E-state index contributed by atoms with van der Waals surface area (Å²) in [5.74, 6) is 1.34. The Morgan fingerprint density at radius 2 is 2.18 bits per heavy atom. The number of hydrogen-bond acceptors (Lipinski definition) is 3. The quantitative estimate of drug-likeness (QED) is 0.687. The third kappa shape index (κ3) is 3.32. The Kier molecular flexibility index (Phi) is 4.77. The topological polar surface area (TPSA) is 46.1 Å². The molecule has 0 radical (unpaired) electrons. The fourth-order valence-electron chi connectivity index (χ4n) is 2.89. The monoisotopic (exact) mass is 307 g/mol. The third-order valence-electron chi connectivity index (χ3n) is 3.89. The van der Waals surface area contributed by atoms with Crippen molar-refractivity contribution in [3.63, 3.8) is 0 Å². The van der Waals surface area contributed by atoms with Gasteiger partial charge in [0.2, 0.25) is 0 Å². The number of aliphatic imine (C=N–C) groups is 1. The van der Waals surface area contributed by atoms with E-state index >= 15 is 0 Å². The number of nitrogens with one attached hydrogen (secondary N) is 1. The Morgan fingerprint density at radius 3 is 2.95 bits per heavy atom. The predicted molar refractivity (Wildman–Crippen MR) is 82.3 cm³/mol. The summed E-state index contributed by atoms with van der Waals surface area (Å²) in [5, 5.41) is 3.31. The van der Waals surface area contributed by atoms with Gasteiger partial charge in [-0.15, -0.1) is 0 Å². The van der Waals surface area contributed by atoms with E-state index in [0.29, 0.717) is 18.9 Å². The number of benzene rings is 1. The largest absolute Gasteiger partial charge is 0.467 e. The summed E-state index contributed by atoms with van der Waals surface area (Å²) in [6.45, 7) is 5.92. The number of likely N-dealkylation sites (tertiary alicyclic amines) is 1. The average molecular weight is 307 g/mol. The Hall–Kier alpha value is -1.82. The first-order chi connectivity index (χ1) is 10.8. The standard InChI is InChI=1S/C16H22FN3O2/c1-2-18-16(20-5-3-4-6-20)19-9-12-7-14(17)8-13-10-21-11-22-15(12)13/h7-8H,2-6,9-11H2,1H3,(H,18,19). The van der Waals surface area contributed by atoms with Gasteiger partial charge in [-0.2, -0.15) is 0 Å². The van der Waals surface area contributed by atoms with Crippen LogP contribution in [0.25, 0.3) is 0 Å². The van der Waals surface area contributed by atoms with Crippen molar-refractivity contribution in [1.29, 1.82) is 0 Å². The molecule has 0 aliphatic carbocycles. The van der Waals surface area contributed by atoms with Crippen LogP contribution in [0, 0.1) is 5.82 Å². The number of fused-ring (bicyclic) bond motifs is 1. The Balaban J connectivity index is 1.81. The molecule has 0 aromatic heterocycles. The molecular weight excluding hydrogens is 285 g/mol. The van der Waals surface area contributed by atoms with Crippen molar-refractivity contribution >= 4 is 5.96 Å². The van der Waals surface area contributed by atoms with Crippen molar-refractivity contribution in [2.75, 3.05) is 26.4 Å². The highest BCUT2D eigenvalue weighted by Gasteiger charge is 2.18. The molecule has 1 N–H and O–H groups in total. The van der Waals surface area contributed by atoms with Gasteiger partial charge >= 0.3 is 0 Å². The fourth-order valence-corrected chi connectivity index (χ4v) is 2.89. The van der Waals surface area contributed by atoms with Crippen LogP contribution in [0.1, 0.15) is 30.9 Å². The molecule has 1 aromatic rings. The van der Waals surface area contributed by atoms with Crippen molar-refractivity contribution < 1.29 is 13.9 Å². The molecular formula is C16H22FN3O2. The van der Waals surface area contributed by atoms with E-state index < -0.39 is 0 Å². The molecule has 0 atom stereocenters. The molecule has 1 saturated heterocycles. The first kappa shape index (κ1) is 15.1. The van der Waals surface area contributed by atoms with Crippen LogP contribution < -0.4 is 10.1 Å². The molecule has 0 amide bonds. The second kappa shape index (κ2) is 6.96. The minimum absolute atomic E-state index is 0.210. The van der Waals surface area contributed by atoms with E-state index in [1.807, 2.05) is 0 Å². The van der Waals surface area contributed by atoms with Crippen LogP contribution in [0.5, 0.6) is 5.75 Å². The van der Waals surface area contributed by atoms with Gasteiger partial charge < -0.3 is 19.7 Å². The first-order valence-corrected chi connectivity index (χ1v) is 7.83. The second-order valence-electron chi connectivity index (χ2n) is 5.53. The highest BCUT2D eigenvalue weighted by atomic mass is 19.1. The Morgan fingerprint density at radius 1 is 1.36 bits per heavy atom. The van der Waals surface area contributed by atoms with E-state index in [-0.39, 0.29) is 12.6 Å². The SMILES string of the molecule is CCNC(=NCc1cc(F)cc2c1OCOC2)N1CCCC1. The van der Waals surface area contributed by atoms with Crippen LogP contribution in [-0.2, 0) is 17.9 Å². The number of nitrogens with zero attached hydrogens (tertiary/aromatic N) is 2. The maximum absolute atomic E-state index is 13.7. The summed E-state index contributed by atoms with van der Waals surface area (Å²) in [6, 6.07) is 2.97. The van der Waals surface area contributed by atoms with Gasteiger partial charge in [-0.25, -0.2) is 9.38 Å². The highest BCUT2D eigenvalue weighted by Crippen LogP contribution is 2.30. The van der Waals surface area contributed by atoms with Crippen LogP contribution in [0.15, 0.2) is 17.1 Å². The lowest BCUT2D eigenvalue weighted by atomic mass is 10.1. The molecule has 0 saturated carbocycles. The molecule has 120 valence electrons. The molecule has 0 unspecified atom stereocenters. The van der Waals surface area contributed by atoms with E-state index in [1.54, 1.807) is 0 Å². The third-order valence-corrected chi connectivity index (χ3v) is 3.89. The number of halogens is 1. The van der Waals surface area contributed by atoms with Gasteiger partial charge in [0.1, 0.15) is 11.6 Å². The van der Waals surface area contributed by atoms with Crippen LogP contribution in [-0.4, -0.2) is 37.3 Å². The summed E-state index contributed by atoms with van der Waals surface area (Å²) >= 11 is 0. The van der Waals surface area contributed by atoms with E-state index in [9.17, 15) is 4.39 Å². The molecule has 0 spiro atoms. The van der Waals surface area contributed by atoms with Crippen molar-refractivity contribution in [3.05, 3.63) is 29.1 Å². The molecule has 2 aliphatic rings. The normalized spacial score (nSPS) is 18.1. The van der Waals surface area contributed by atoms with E-state index in [2.05, 4.69) is 22.1 Å². The Bertz CT molecular complexity index is 557. The Labute approximate surface area is 130 Å². The zero-order valence-corrected chi connectivity index (χ0v) is 12.9. The number of hydrogen-bond donors (Lipinski definition) is 1. The first-order valence-electron chi connectivity index (χ1n) is 7.83. The molecule has 0 bridgehead atoms. The molecule has 3 rings (SSSR count). The minimum atomic E-state index is -0.274. The van der Waals surface area contributed by atoms with Gasteiger partial charge in [0.15, 0.2) is 12.8 Å². The predicted octanol–water partition coefficient (Wildman–Crippen LogP) is 2.25. The van der Waals surface area contributed by atoms with Crippen molar-refractivity contribution in [2.24, 2.45) is 4.99 Å². The van der Waals surface area contributed by atoms with Crippen LogP contribution in [0.2, 0.25) is 0 Å². The van der Waals surface area contributed by atoms with Crippen LogP contribution in [0.3, 0.4) is 0 Å². The molecule has 22 heavy (non-hydrogen) atoms. The lowest BCUT2D eigenvalue weighted by Gasteiger charge is -2.22. The molecule has 1 aromatic carbocycles.